The molecule has 0 bridgehead atoms. The normalized spacial score (nSPS) is 14.8. The topological polar surface area (TPSA) is 20.3 Å². The van der Waals surface area contributed by atoms with Gasteiger partial charge in [0.1, 0.15) is 0 Å². The number of rotatable bonds is 7. The highest BCUT2D eigenvalue weighted by Gasteiger charge is 2.16. The van der Waals surface area contributed by atoms with E-state index < -0.39 is 0 Å². The smallest absolute Gasteiger partial charge is 0.222 e. The van der Waals surface area contributed by atoms with E-state index in [4.69, 9.17) is 11.6 Å². The van der Waals surface area contributed by atoms with Gasteiger partial charge in [0.2, 0.25) is 5.91 Å². The van der Waals surface area contributed by atoms with Gasteiger partial charge in [0.15, 0.2) is 0 Å². The van der Waals surface area contributed by atoms with Crippen LogP contribution in [0.2, 0.25) is 5.02 Å². The first-order valence-corrected chi connectivity index (χ1v) is 8.16. The molecule has 0 aromatic heterocycles. The van der Waals surface area contributed by atoms with E-state index in [0.717, 1.165) is 43.8 Å². The van der Waals surface area contributed by atoms with Gasteiger partial charge in [0.25, 0.3) is 0 Å². The first-order valence-electron chi connectivity index (χ1n) is 7.78. The van der Waals surface area contributed by atoms with Crippen molar-refractivity contribution in [3.05, 3.63) is 34.9 Å². The molecule has 0 radical (unpaired) electrons. The van der Waals surface area contributed by atoms with E-state index in [0.29, 0.717) is 5.91 Å². The molecule has 1 aliphatic rings. The van der Waals surface area contributed by atoms with Crippen LogP contribution in [0, 0.1) is 0 Å². The molecular formula is C17H24ClNO. The summed E-state index contributed by atoms with van der Waals surface area (Å²) in [7, 11) is 0. The highest BCUT2D eigenvalue weighted by molar-refractivity contribution is 6.30. The minimum absolute atomic E-state index is 0.361. The highest BCUT2D eigenvalue weighted by Crippen LogP contribution is 2.14. The maximum atomic E-state index is 11.8. The summed E-state index contributed by atoms with van der Waals surface area (Å²) in [6, 6.07) is 8.09. The maximum Gasteiger partial charge on any atom is 0.222 e. The third-order valence-corrected chi connectivity index (χ3v) is 4.23. The van der Waals surface area contributed by atoms with E-state index >= 15 is 0 Å². The molecule has 0 spiro atoms. The molecule has 20 heavy (non-hydrogen) atoms. The van der Waals surface area contributed by atoms with Gasteiger partial charge in [-0.1, -0.05) is 36.6 Å². The lowest BCUT2D eigenvalue weighted by Gasteiger charge is -2.14. The van der Waals surface area contributed by atoms with Gasteiger partial charge in [-0.05, 0) is 49.8 Å². The predicted molar refractivity (Wildman–Crippen MR) is 84.1 cm³/mol. The Balaban J connectivity index is 1.51. The Hall–Kier alpha value is -1.02. The first-order chi connectivity index (χ1) is 9.75. The second kappa shape index (κ2) is 8.31. The third-order valence-electron chi connectivity index (χ3n) is 3.98. The summed E-state index contributed by atoms with van der Waals surface area (Å²) >= 11 is 5.86. The van der Waals surface area contributed by atoms with Gasteiger partial charge in [-0.25, -0.2) is 0 Å². The van der Waals surface area contributed by atoms with Crippen LogP contribution in [0.3, 0.4) is 0 Å². The van der Waals surface area contributed by atoms with Crippen LogP contribution >= 0.6 is 11.6 Å². The van der Waals surface area contributed by atoms with E-state index in [-0.39, 0.29) is 0 Å². The monoisotopic (exact) mass is 293 g/mol. The number of carbonyl (C=O) groups excluding carboxylic acids is 1. The fourth-order valence-electron chi connectivity index (χ4n) is 2.73. The molecule has 1 aliphatic heterocycles. The zero-order valence-corrected chi connectivity index (χ0v) is 12.9. The summed E-state index contributed by atoms with van der Waals surface area (Å²) in [4.78, 5) is 13.9. The van der Waals surface area contributed by atoms with Crippen LogP contribution in [-0.2, 0) is 11.2 Å². The molecular weight excluding hydrogens is 270 g/mol. The van der Waals surface area contributed by atoms with E-state index in [1.807, 2.05) is 17.0 Å². The van der Waals surface area contributed by atoms with E-state index in [1.54, 1.807) is 0 Å². The minimum Gasteiger partial charge on any atom is -0.343 e. The van der Waals surface area contributed by atoms with Crippen LogP contribution < -0.4 is 0 Å². The molecule has 1 heterocycles. The third kappa shape index (κ3) is 5.16. The van der Waals surface area contributed by atoms with Crippen LogP contribution in [0.15, 0.2) is 24.3 Å². The van der Waals surface area contributed by atoms with Crippen molar-refractivity contribution in [1.29, 1.82) is 0 Å². The number of likely N-dealkylation sites (tertiary alicyclic amines) is 1. The first kappa shape index (κ1) is 15.4. The predicted octanol–water partition coefficient (Wildman–Crippen LogP) is 4.46. The van der Waals surface area contributed by atoms with Crippen molar-refractivity contribution in [2.45, 2.75) is 51.4 Å². The summed E-state index contributed by atoms with van der Waals surface area (Å²) in [5.74, 6) is 0.361. The number of hydrogen-bond acceptors (Lipinski definition) is 1. The summed E-state index contributed by atoms with van der Waals surface area (Å²) in [6.07, 6.45) is 8.82. The van der Waals surface area contributed by atoms with Gasteiger partial charge in [-0.2, -0.15) is 0 Å². The number of halogens is 1. The molecule has 0 saturated carbocycles. The zero-order valence-electron chi connectivity index (χ0n) is 12.1. The molecule has 1 amide bonds. The average Bonchev–Trinajstić information content (AvgIpc) is 2.98. The Morgan fingerprint density at radius 1 is 1.00 bits per heavy atom. The fourth-order valence-corrected chi connectivity index (χ4v) is 2.86. The Bertz CT molecular complexity index is 410. The summed E-state index contributed by atoms with van der Waals surface area (Å²) in [5, 5.41) is 0.800. The molecule has 1 aromatic carbocycles. The quantitative estimate of drug-likeness (QED) is 0.680. The molecule has 2 rings (SSSR count). The lowest BCUT2D eigenvalue weighted by atomic mass is 10.1. The summed E-state index contributed by atoms with van der Waals surface area (Å²) in [5.41, 5.74) is 1.35. The minimum atomic E-state index is 0.361. The lowest BCUT2D eigenvalue weighted by Crippen LogP contribution is -2.27. The van der Waals surface area contributed by atoms with E-state index in [2.05, 4.69) is 12.1 Å². The van der Waals surface area contributed by atoms with Crippen molar-refractivity contribution in [2.24, 2.45) is 0 Å². The molecule has 0 unspecified atom stereocenters. The maximum absolute atomic E-state index is 11.8. The molecule has 0 N–H and O–H groups in total. The number of carbonyl (C=O) groups is 1. The van der Waals surface area contributed by atoms with Crippen LogP contribution in [0.5, 0.6) is 0 Å². The van der Waals surface area contributed by atoms with Crippen LogP contribution in [0.25, 0.3) is 0 Å². The molecule has 0 aliphatic carbocycles. The van der Waals surface area contributed by atoms with E-state index in [9.17, 15) is 4.79 Å². The molecule has 2 nitrogen and oxygen atoms in total. The second-order valence-electron chi connectivity index (χ2n) is 5.63. The number of nitrogens with zero attached hydrogens (tertiary/aromatic N) is 1. The van der Waals surface area contributed by atoms with Gasteiger partial charge in [-0.3, -0.25) is 4.79 Å². The zero-order chi connectivity index (χ0) is 14.2. The average molecular weight is 294 g/mol. The second-order valence-corrected chi connectivity index (χ2v) is 6.07. The number of aryl methyl sites for hydroxylation is 1. The SMILES string of the molecule is O=C(CCCCCCc1ccc(Cl)cc1)N1CCCC1. The van der Waals surface area contributed by atoms with Crippen LogP contribution in [0.1, 0.15) is 50.5 Å². The largest absolute Gasteiger partial charge is 0.343 e. The van der Waals surface area contributed by atoms with Crippen LogP contribution in [0.4, 0.5) is 0 Å². The Morgan fingerprint density at radius 3 is 2.35 bits per heavy atom. The van der Waals surface area contributed by atoms with Gasteiger partial charge < -0.3 is 4.90 Å². The fraction of sp³-hybridized carbons (Fsp3) is 0.588. The Morgan fingerprint density at radius 2 is 1.65 bits per heavy atom. The van der Waals surface area contributed by atoms with Crippen LogP contribution in [-0.4, -0.2) is 23.9 Å². The number of hydrogen-bond donors (Lipinski definition) is 0. The molecule has 1 saturated heterocycles. The van der Waals surface area contributed by atoms with Crippen molar-refractivity contribution in [2.75, 3.05) is 13.1 Å². The Kier molecular flexibility index (Phi) is 6.38. The molecule has 110 valence electrons. The molecule has 1 fully saturated rings. The van der Waals surface area contributed by atoms with Crippen molar-refractivity contribution >= 4 is 17.5 Å². The number of amides is 1. The molecule has 3 heteroatoms. The lowest BCUT2D eigenvalue weighted by molar-refractivity contribution is -0.130. The summed E-state index contributed by atoms with van der Waals surface area (Å²) in [6.45, 7) is 1.96. The van der Waals surface area contributed by atoms with Crippen molar-refractivity contribution in [3.8, 4) is 0 Å². The van der Waals surface area contributed by atoms with Gasteiger partial charge in [0.05, 0.1) is 0 Å². The van der Waals surface area contributed by atoms with Gasteiger partial charge >= 0.3 is 0 Å². The van der Waals surface area contributed by atoms with Crippen molar-refractivity contribution < 1.29 is 4.79 Å². The highest BCUT2D eigenvalue weighted by atomic mass is 35.5. The number of benzene rings is 1. The number of unbranched alkanes of at least 4 members (excludes halogenated alkanes) is 3. The van der Waals surface area contributed by atoms with E-state index in [1.165, 1.54) is 31.2 Å². The molecule has 0 atom stereocenters. The van der Waals surface area contributed by atoms with Crippen molar-refractivity contribution in [3.63, 3.8) is 0 Å². The standard InChI is InChI=1S/C17H24ClNO/c18-16-11-9-15(10-12-16)7-3-1-2-4-8-17(20)19-13-5-6-14-19/h9-12H,1-8,13-14H2. The molecule has 1 aromatic rings. The van der Waals surface area contributed by atoms with Gasteiger partial charge in [0, 0.05) is 24.5 Å². The summed E-state index contributed by atoms with van der Waals surface area (Å²) < 4.78 is 0. The Labute approximate surface area is 127 Å². The van der Waals surface area contributed by atoms with Gasteiger partial charge in [-0.15, -0.1) is 0 Å². The van der Waals surface area contributed by atoms with Crippen molar-refractivity contribution in [1.82, 2.24) is 4.90 Å².